The minimum absolute atomic E-state index is 0.0671. The van der Waals surface area contributed by atoms with Crippen LogP contribution in [0.25, 0.3) is 11.3 Å². The van der Waals surface area contributed by atoms with E-state index in [4.69, 9.17) is 18.9 Å². The molecule has 1 aromatic carbocycles. The van der Waals surface area contributed by atoms with E-state index in [1.54, 1.807) is 24.9 Å². The van der Waals surface area contributed by atoms with Crippen LogP contribution in [0.15, 0.2) is 29.1 Å². The Kier molecular flexibility index (Phi) is 5.07. The van der Waals surface area contributed by atoms with Crippen LogP contribution in [0.1, 0.15) is 24.8 Å². The highest BCUT2D eigenvalue weighted by atomic mass is 16.5. The van der Waals surface area contributed by atoms with E-state index in [1.807, 2.05) is 18.2 Å². The highest BCUT2D eigenvalue weighted by Gasteiger charge is 2.25. The Labute approximate surface area is 158 Å². The summed E-state index contributed by atoms with van der Waals surface area (Å²) in [5, 5.41) is 0. The molecule has 0 amide bonds. The molecule has 6 heteroatoms. The number of benzene rings is 1. The molecular formula is C21H25NO5. The molecule has 0 saturated carbocycles. The topological polar surface area (TPSA) is 58.9 Å². The maximum Gasteiger partial charge on any atom is 0.254 e. The number of hydrogen-bond donors (Lipinski definition) is 0. The largest absolute Gasteiger partial charge is 0.496 e. The fourth-order valence-electron chi connectivity index (χ4n) is 3.94. The molecule has 6 nitrogen and oxygen atoms in total. The molecule has 1 unspecified atom stereocenters. The Balaban J connectivity index is 1.71. The summed E-state index contributed by atoms with van der Waals surface area (Å²) in [7, 11) is 3.30. The highest BCUT2D eigenvalue weighted by molar-refractivity contribution is 5.76. The van der Waals surface area contributed by atoms with E-state index in [1.165, 1.54) is 0 Å². The number of rotatable bonds is 5. The van der Waals surface area contributed by atoms with Crippen LogP contribution in [0.4, 0.5) is 0 Å². The van der Waals surface area contributed by atoms with Crippen molar-refractivity contribution < 1.29 is 18.9 Å². The Hall–Kier alpha value is -2.47. The van der Waals surface area contributed by atoms with Crippen LogP contribution in [-0.2, 0) is 17.7 Å². The van der Waals surface area contributed by atoms with Gasteiger partial charge in [-0.1, -0.05) is 0 Å². The molecule has 144 valence electrons. The summed E-state index contributed by atoms with van der Waals surface area (Å²) in [5.74, 6) is 2.11. The molecular weight excluding hydrogens is 346 g/mol. The second-order valence-electron chi connectivity index (χ2n) is 6.94. The molecule has 27 heavy (non-hydrogen) atoms. The van der Waals surface area contributed by atoms with E-state index >= 15 is 0 Å². The van der Waals surface area contributed by atoms with Crippen molar-refractivity contribution in [3.63, 3.8) is 0 Å². The van der Waals surface area contributed by atoms with Crippen LogP contribution >= 0.6 is 0 Å². The maximum atomic E-state index is 12.7. The van der Waals surface area contributed by atoms with Gasteiger partial charge in [0.2, 0.25) is 0 Å². The van der Waals surface area contributed by atoms with Crippen LogP contribution in [0.3, 0.4) is 0 Å². The molecule has 3 heterocycles. The van der Waals surface area contributed by atoms with Crippen molar-refractivity contribution in [1.29, 1.82) is 0 Å². The average Bonchev–Trinajstić information content (AvgIpc) is 2.72. The predicted octanol–water partition coefficient (Wildman–Crippen LogP) is 3.04. The van der Waals surface area contributed by atoms with Crippen molar-refractivity contribution in [3.8, 4) is 28.5 Å². The van der Waals surface area contributed by atoms with Gasteiger partial charge in [0.1, 0.15) is 23.9 Å². The smallest absolute Gasteiger partial charge is 0.254 e. The molecule has 2 aliphatic heterocycles. The lowest BCUT2D eigenvalue weighted by atomic mass is 9.95. The predicted molar refractivity (Wildman–Crippen MR) is 102 cm³/mol. The number of nitrogens with zero attached hydrogens (tertiary/aromatic N) is 1. The number of pyridine rings is 1. The van der Waals surface area contributed by atoms with Crippen LogP contribution in [0.5, 0.6) is 17.2 Å². The van der Waals surface area contributed by atoms with Gasteiger partial charge < -0.3 is 23.5 Å². The minimum Gasteiger partial charge on any atom is -0.496 e. The molecule has 0 spiro atoms. The second kappa shape index (κ2) is 7.64. The van der Waals surface area contributed by atoms with Crippen molar-refractivity contribution in [1.82, 2.24) is 4.57 Å². The minimum atomic E-state index is -0.0671. The van der Waals surface area contributed by atoms with E-state index < -0.39 is 0 Å². The second-order valence-corrected chi connectivity index (χ2v) is 6.94. The van der Waals surface area contributed by atoms with Crippen molar-refractivity contribution in [2.75, 3.05) is 27.4 Å². The lowest BCUT2D eigenvalue weighted by molar-refractivity contribution is -0.0111. The van der Waals surface area contributed by atoms with Gasteiger partial charge in [-0.2, -0.15) is 0 Å². The van der Waals surface area contributed by atoms with E-state index in [2.05, 4.69) is 0 Å². The fraction of sp³-hybridized carbons (Fsp3) is 0.476. The molecule has 1 fully saturated rings. The quantitative estimate of drug-likeness (QED) is 0.809. The van der Waals surface area contributed by atoms with E-state index in [0.29, 0.717) is 18.9 Å². The van der Waals surface area contributed by atoms with Crippen LogP contribution < -0.4 is 19.8 Å². The van der Waals surface area contributed by atoms with E-state index in [0.717, 1.165) is 60.6 Å². The van der Waals surface area contributed by atoms with Gasteiger partial charge in [0.05, 0.1) is 26.0 Å². The summed E-state index contributed by atoms with van der Waals surface area (Å²) in [6.07, 6.45) is 4.08. The SMILES string of the molecule is COc1ccc(OC)c2c1CCn1c-2cc(OCC2CCCCO2)cc1=O. The standard InChI is InChI=1S/C21H25NO5/c1-24-18-6-7-19(25-2)21-16(18)8-9-22-17(21)11-15(12-20(22)23)27-13-14-5-3-4-10-26-14/h6-7,11-12,14H,3-5,8-10,13H2,1-2H3. The van der Waals surface area contributed by atoms with Crippen molar-refractivity contribution >= 4 is 0 Å². The lowest BCUT2D eigenvalue weighted by Crippen LogP contribution is -2.28. The van der Waals surface area contributed by atoms with Crippen LogP contribution in [0, 0.1) is 0 Å². The van der Waals surface area contributed by atoms with Crippen molar-refractivity contribution in [3.05, 3.63) is 40.2 Å². The number of methoxy groups -OCH3 is 2. The summed E-state index contributed by atoms with van der Waals surface area (Å²) >= 11 is 0. The van der Waals surface area contributed by atoms with Gasteiger partial charge in [-0.05, 0) is 37.8 Å². The molecule has 1 aromatic heterocycles. The monoisotopic (exact) mass is 371 g/mol. The Morgan fingerprint density at radius 3 is 2.70 bits per heavy atom. The third-order valence-electron chi connectivity index (χ3n) is 5.32. The first-order chi connectivity index (χ1) is 13.2. The zero-order valence-corrected chi connectivity index (χ0v) is 15.8. The summed E-state index contributed by atoms with van der Waals surface area (Å²) in [4.78, 5) is 12.7. The number of hydrogen-bond acceptors (Lipinski definition) is 5. The molecule has 0 aliphatic carbocycles. The van der Waals surface area contributed by atoms with Gasteiger partial charge in [-0.3, -0.25) is 4.79 Å². The first-order valence-corrected chi connectivity index (χ1v) is 9.44. The summed E-state index contributed by atoms with van der Waals surface area (Å²) in [5.41, 5.74) is 2.70. The third-order valence-corrected chi connectivity index (χ3v) is 5.32. The molecule has 4 rings (SSSR count). The third kappa shape index (κ3) is 3.41. The summed E-state index contributed by atoms with van der Waals surface area (Å²) in [6, 6.07) is 7.27. The van der Waals surface area contributed by atoms with Crippen molar-refractivity contribution in [2.45, 2.75) is 38.3 Å². The number of aromatic nitrogens is 1. The first kappa shape index (κ1) is 17.9. The number of ether oxygens (including phenoxy) is 4. The fourth-order valence-corrected chi connectivity index (χ4v) is 3.94. The average molecular weight is 371 g/mol. The molecule has 1 atom stereocenters. The Morgan fingerprint density at radius 1 is 1.15 bits per heavy atom. The molecule has 0 bridgehead atoms. The molecule has 0 N–H and O–H groups in total. The van der Waals surface area contributed by atoms with Crippen LogP contribution in [0.2, 0.25) is 0 Å². The Bertz CT molecular complexity index is 883. The highest BCUT2D eigenvalue weighted by Crippen LogP contribution is 2.42. The van der Waals surface area contributed by atoms with Gasteiger partial charge in [0.25, 0.3) is 5.56 Å². The molecule has 0 radical (unpaired) electrons. The van der Waals surface area contributed by atoms with Gasteiger partial charge in [-0.15, -0.1) is 0 Å². The van der Waals surface area contributed by atoms with E-state index in [-0.39, 0.29) is 11.7 Å². The van der Waals surface area contributed by atoms with Gasteiger partial charge in [0.15, 0.2) is 0 Å². The van der Waals surface area contributed by atoms with Gasteiger partial charge >= 0.3 is 0 Å². The number of fused-ring (bicyclic) bond motifs is 3. The molecule has 2 aliphatic rings. The zero-order valence-electron chi connectivity index (χ0n) is 15.8. The Morgan fingerprint density at radius 2 is 1.96 bits per heavy atom. The molecule has 2 aromatic rings. The van der Waals surface area contributed by atoms with Gasteiger partial charge in [-0.25, -0.2) is 0 Å². The summed E-state index contributed by atoms with van der Waals surface area (Å²) < 4.78 is 24.5. The lowest BCUT2D eigenvalue weighted by Gasteiger charge is -2.26. The van der Waals surface area contributed by atoms with E-state index in [9.17, 15) is 4.79 Å². The zero-order chi connectivity index (χ0) is 18.8. The normalized spacial score (nSPS) is 18.4. The molecule has 1 saturated heterocycles. The maximum absolute atomic E-state index is 12.7. The first-order valence-electron chi connectivity index (χ1n) is 9.44. The van der Waals surface area contributed by atoms with Crippen molar-refractivity contribution in [2.24, 2.45) is 0 Å². The summed E-state index contributed by atoms with van der Waals surface area (Å²) in [6.45, 7) is 1.85. The van der Waals surface area contributed by atoms with Gasteiger partial charge in [0, 0.05) is 36.4 Å². The van der Waals surface area contributed by atoms with Crippen LogP contribution in [-0.4, -0.2) is 38.1 Å².